The molecule has 8 heteroatoms. The molecule has 0 aliphatic carbocycles. The van der Waals surface area contributed by atoms with Gasteiger partial charge in [0.2, 0.25) is 0 Å². The van der Waals surface area contributed by atoms with Crippen molar-refractivity contribution >= 4 is 8.25 Å². The maximum Gasteiger partial charge on any atom is 0.735 e. The third-order valence-corrected chi connectivity index (χ3v) is 1.40. The molecule has 1 unspecified atom stereocenters. The third kappa shape index (κ3) is 7.96. The normalized spacial score (nSPS) is 11.7. The maximum absolute atomic E-state index is 10.4. The summed E-state index contributed by atoms with van der Waals surface area (Å²) in [5.74, 6) is 4.55. The van der Waals surface area contributed by atoms with Crippen molar-refractivity contribution in [2.75, 3.05) is 26.2 Å². The van der Waals surface area contributed by atoms with E-state index in [1.165, 1.54) is 0 Å². The third-order valence-electron chi connectivity index (χ3n) is 0.950. The average Bonchev–Trinajstić information content (AvgIpc) is 2.10. The minimum atomic E-state index is -2.24. The van der Waals surface area contributed by atoms with E-state index < -0.39 is 8.25 Å². The first-order chi connectivity index (χ1) is 5.81. The van der Waals surface area contributed by atoms with Gasteiger partial charge in [-0.15, -0.1) is 5.48 Å². The van der Waals surface area contributed by atoms with E-state index in [4.69, 9.17) is 5.73 Å². The molecule has 0 bridgehead atoms. The van der Waals surface area contributed by atoms with Gasteiger partial charge in [0, 0.05) is 30.7 Å². The highest BCUT2D eigenvalue weighted by Gasteiger charge is 2.17. The molecule has 0 saturated carbocycles. The summed E-state index contributed by atoms with van der Waals surface area (Å²) < 4.78 is 18.7. The molecule has 72 valence electrons. The molecule has 0 aromatic carbocycles. The largest absolute Gasteiger partial charge is 0.735 e. The Morgan fingerprint density at radius 1 is 1.33 bits per heavy atom. The van der Waals surface area contributed by atoms with Gasteiger partial charge in [0.25, 0.3) is 0 Å². The monoisotopic (exact) mass is 197 g/mol. The molecule has 0 radical (unpaired) electrons. The molecule has 0 aliphatic heterocycles. The lowest BCUT2D eigenvalue weighted by atomic mass is 10.6. The van der Waals surface area contributed by atoms with E-state index in [-0.39, 0.29) is 0 Å². The smallest absolute Gasteiger partial charge is 0.329 e. The molecule has 0 saturated heterocycles. The number of nitrogens with one attached hydrogen (secondary N) is 2. The Morgan fingerprint density at radius 3 is 2.67 bits per heavy atom. The van der Waals surface area contributed by atoms with Crippen molar-refractivity contribution in [2.45, 2.75) is 0 Å². The Kier molecular flexibility index (Phi) is 8.85. The molecule has 1 atom stereocenters. The highest BCUT2D eigenvalue weighted by atomic mass is 31.1. The molecule has 0 heterocycles. The Bertz CT molecular complexity index is 125. The van der Waals surface area contributed by atoms with Gasteiger partial charge < -0.3 is 11.1 Å². The van der Waals surface area contributed by atoms with E-state index in [1.54, 1.807) is 0 Å². The van der Waals surface area contributed by atoms with E-state index in [9.17, 15) is 4.57 Å². The molecule has 6 N–H and O–H groups in total. The Hall–Kier alpha value is -0.140. The second-order valence-electron chi connectivity index (χ2n) is 1.85. The van der Waals surface area contributed by atoms with Crippen molar-refractivity contribution in [1.82, 2.24) is 10.8 Å². The van der Waals surface area contributed by atoms with E-state index in [1.807, 2.05) is 0 Å². The van der Waals surface area contributed by atoms with Crippen molar-refractivity contribution in [3.8, 4) is 0 Å². The van der Waals surface area contributed by atoms with Crippen LogP contribution in [-0.4, -0.2) is 26.2 Å². The molecule has 12 heavy (non-hydrogen) atoms. The first kappa shape index (κ1) is 11.9. The van der Waals surface area contributed by atoms with Crippen LogP contribution in [0.15, 0.2) is 0 Å². The van der Waals surface area contributed by atoms with Crippen molar-refractivity contribution in [3.63, 3.8) is 0 Å². The zero-order valence-electron chi connectivity index (χ0n) is 6.66. The lowest BCUT2D eigenvalue weighted by Gasteiger charge is -1.99. The zero-order chi connectivity index (χ0) is 9.23. The number of hydroxylamine groups is 1. The lowest BCUT2D eigenvalue weighted by Crippen LogP contribution is -2.30. The van der Waals surface area contributed by atoms with Crippen LogP contribution >= 0.6 is 8.25 Å². The average molecular weight is 197 g/mol. The van der Waals surface area contributed by atoms with Crippen LogP contribution < -0.4 is 22.4 Å². The van der Waals surface area contributed by atoms with Gasteiger partial charge in [-0.25, -0.2) is 0 Å². The minimum absolute atomic E-state index is 0.504. The molecule has 0 amide bonds. The van der Waals surface area contributed by atoms with Crippen LogP contribution in [0, 0.1) is 0 Å². The minimum Gasteiger partial charge on any atom is -0.329 e. The molecule has 0 aromatic rings. The van der Waals surface area contributed by atoms with E-state index in [2.05, 4.69) is 25.9 Å². The van der Waals surface area contributed by atoms with E-state index >= 15 is 0 Å². The topological polar surface area (TPSA) is 112 Å². The Balaban J connectivity index is 2.95. The summed E-state index contributed by atoms with van der Waals surface area (Å²) in [6, 6.07) is 0. The highest BCUT2D eigenvalue weighted by molar-refractivity contribution is 7.33. The SMILES string of the molecule is NCCNCCNO[P+](=O)ON. The summed E-state index contributed by atoms with van der Waals surface area (Å²) in [6.07, 6.45) is 0. The molecule has 0 rings (SSSR count). The molecule has 0 aromatic heterocycles. The van der Waals surface area contributed by atoms with E-state index in [0.717, 1.165) is 6.54 Å². The quantitative estimate of drug-likeness (QED) is 0.215. The Labute approximate surface area is 71.6 Å². The summed E-state index contributed by atoms with van der Waals surface area (Å²) in [7, 11) is -2.24. The first-order valence-electron chi connectivity index (χ1n) is 3.46. The summed E-state index contributed by atoms with van der Waals surface area (Å²) in [6.45, 7) is 2.50. The summed E-state index contributed by atoms with van der Waals surface area (Å²) in [5.41, 5.74) is 7.62. The van der Waals surface area contributed by atoms with Gasteiger partial charge in [-0.1, -0.05) is 0 Å². The van der Waals surface area contributed by atoms with Gasteiger partial charge in [0.05, 0.1) is 0 Å². The predicted molar refractivity (Wildman–Crippen MR) is 43.9 cm³/mol. The van der Waals surface area contributed by atoms with Crippen molar-refractivity contribution in [2.24, 2.45) is 11.6 Å². The van der Waals surface area contributed by atoms with Gasteiger partial charge in [-0.3, -0.25) is 0 Å². The van der Waals surface area contributed by atoms with Crippen molar-refractivity contribution in [3.05, 3.63) is 0 Å². The number of hydrogen-bond acceptors (Lipinski definition) is 7. The van der Waals surface area contributed by atoms with Crippen LogP contribution in [0.3, 0.4) is 0 Å². The van der Waals surface area contributed by atoms with Gasteiger partial charge in [-0.05, 0) is 9.25 Å². The molecular weight excluding hydrogens is 183 g/mol. The van der Waals surface area contributed by atoms with Gasteiger partial charge in [-0.2, -0.15) is 5.90 Å². The van der Waals surface area contributed by atoms with Crippen LogP contribution in [0.25, 0.3) is 0 Å². The fraction of sp³-hybridized carbons (Fsp3) is 1.00. The number of hydrogen-bond donors (Lipinski definition) is 4. The summed E-state index contributed by atoms with van der Waals surface area (Å²) in [5, 5.41) is 2.99. The van der Waals surface area contributed by atoms with Crippen molar-refractivity contribution in [1.29, 1.82) is 0 Å². The maximum atomic E-state index is 10.4. The van der Waals surface area contributed by atoms with Gasteiger partial charge >= 0.3 is 8.25 Å². The summed E-state index contributed by atoms with van der Waals surface area (Å²) in [4.78, 5) is 0. The fourth-order valence-corrected chi connectivity index (χ4v) is 0.726. The summed E-state index contributed by atoms with van der Waals surface area (Å²) >= 11 is 0. The molecule has 7 nitrogen and oxygen atoms in total. The molecule has 0 aliphatic rings. The molecular formula is C4H14N4O3P+. The standard InChI is InChI=1S/C4H14N4O3P/c5-1-2-7-3-4-8-11-12(9)10-6/h7-8H,1-6H2/q+1. The van der Waals surface area contributed by atoms with Gasteiger partial charge in [0.15, 0.2) is 0 Å². The zero-order valence-corrected chi connectivity index (χ0v) is 7.55. The predicted octanol–water partition coefficient (Wildman–Crippen LogP) is -1.40. The number of nitrogens with two attached hydrogens (primary N) is 2. The highest BCUT2D eigenvalue weighted by Crippen LogP contribution is 2.16. The molecule has 0 fully saturated rings. The molecule has 0 spiro atoms. The van der Waals surface area contributed by atoms with Gasteiger partial charge in [0.1, 0.15) is 0 Å². The van der Waals surface area contributed by atoms with Crippen molar-refractivity contribution < 1.29 is 13.8 Å². The Morgan fingerprint density at radius 2 is 2.08 bits per heavy atom. The van der Waals surface area contributed by atoms with Crippen LogP contribution in [0.4, 0.5) is 0 Å². The van der Waals surface area contributed by atoms with Crippen LogP contribution in [0.1, 0.15) is 0 Å². The fourth-order valence-electron chi connectivity index (χ4n) is 0.486. The lowest BCUT2D eigenvalue weighted by molar-refractivity contribution is 0.158. The number of rotatable bonds is 8. The second kappa shape index (κ2) is 8.95. The second-order valence-corrected chi connectivity index (χ2v) is 2.69. The first-order valence-corrected chi connectivity index (χ1v) is 4.55. The van der Waals surface area contributed by atoms with Crippen LogP contribution in [0.2, 0.25) is 0 Å². The van der Waals surface area contributed by atoms with Crippen LogP contribution in [-0.2, 0) is 13.8 Å². The van der Waals surface area contributed by atoms with E-state index in [0.29, 0.717) is 19.6 Å². The van der Waals surface area contributed by atoms with Crippen LogP contribution in [0.5, 0.6) is 0 Å².